The van der Waals surface area contributed by atoms with Gasteiger partial charge in [0, 0.05) is 12.6 Å². The zero-order valence-electron chi connectivity index (χ0n) is 10.9. The molecule has 0 bridgehead atoms. The SMILES string of the molecule is CCC(C)CCNc1cc(OC(F)(F)F)ccc1Cl. The Morgan fingerprint density at radius 1 is 1.37 bits per heavy atom. The highest BCUT2D eigenvalue weighted by Crippen LogP contribution is 2.30. The Morgan fingerprint density at radius 3 is 2.63 bits per heavy atom. The summed E-state index contributed by atoms with van der Waals surface area (Å²) in [6.07, 6.45) is -2.70. The van der Waals surface area contributed by atoms with Gasteiger partial charge in [0.2, 0.25) is 0 Å². The van der Waals surface area contributed by atoms with Crippen molar-refractivity contribution in [2.24, 2.45) is 5.92 Å². The highest BCUT2D eigenvalue weighted by molar-refractivity contribution is 6.33. The van der Waals surface area contributed by atoms with Crippen molar-refractivity contribution in [3.8, 4) is 5.75 Å². The fourth-order valence-electron chi connectivity index (χ4n) is 1.49. The van der Waals surface area contributed by atoms with E-state index in [1.807, 2.05) is 0 Å². The second kappa shape index (κ2) is 6.89. The third kappa shape index (κ3) is 6.05. The molecule has 6 heteroatoms. The highest BCUT2D eigenvalue weighted by Gasteiger charge is 2.31. The van der Waals surface area contributed by atoms with Crippen LogP contribution < -0.4 is 10.1 Å². The Balaban J connectivity index is 2.64. The molecule has 0 aromatic heterocycles. The molecule has 108 valence electrons. The Morgan fingerprint density at radius 2 is 2.05 bits per heavy atom. The first-order valence-electron chi connectivity index (χ1n) is 6.11. The summed E-state index contributed by atoms with van der Waals surface area (Å²) in [5.41, 5.74) is 0.451. The smallest absolute Gasteiger partial charge is 0.406 e. The maximum Gasteiger partial charge on any atom is 0.573 e. The molecule has 0 spiro atoms. The van der Waals surface area contributed by atoms with E-state index >= 15 is 0 Å². The number of rotatable bonds is 6. The van der Waals surface area contributed by atoms with Crippen molar-refractivity contribution in [2.45, 2.75) is 33.1 Å². The van der Waals surface area contributed by atoms with Crippen LogP contribution in [0.3, 0.4) is 0 Å². The summed E-state index contributed by atoms with van der Waals surface area (Å²) in [5, 5.41) is 3.40. The molecule has 0 fully saturated rings. The molecular weight excluding hydrogens is 279 g/mol. The van der Waals surface area contributed by atoms with Crippen LogP contribution in [-0.4, -0.2) is 12.9 Å². The number of halogens is 4. The van der Waals surface area contributed by atoms with Crippen molar-refractivity contribution < 1.29 is 17.9 Å². The minimum atomic E-state index is -4.69. The number of nitrogens with one attached hydrogen (secondary N) is 1. The van der Waals surface area contributed by atoms with E-state index in [9.17, 15) is 13.2 Å². The summed E-state index contributed by atoms with van der Waals surface area (Å²) in [6.45, 7) is 4.87. The molecule has 19 heavy (non-hydrogen) atoms. The maximum absolute atomic E-state index is 12.1. The zero-order chi connectivity index (χ0) is 14.5. The van der Waals surface area contributed by atoms with E-state index in [0.29, 0.717) is 23.2 Å². The van der Waals surface area contributed by atoms with Gasteiger partial charge in [0.1, 0.15) is 5.75 Å². The van der Waals surface area contributed by atoms with Gasteiger partial charge in [-0.3, -0.25) is 0 Å². The van der Waals surface area contributed by atoms with Crippen LogP contribution in [0.2, 0.25) is 5.02 Å². The van der Waals surface area contributed by atoms with Crippen molar-refractivity contribution >= 4 is 17.3 Å². The average molecular weight is 296 g/mol. The molecule has 2 nitrogen and oxygen atoms in total. The Hall–Kier alpha value is -1.10. The molecule has 1 atom stereocenters. The van der Waals surface area contributed by atoms with E-state index in [1.165, 1.54) is 18.2 Å². The van der Waals surface area contributed by atoms with Gasteiger partial charge in [0.15, 0.2) is 0 Å². The number of ether oxygens (including phenoxy) is 1. The van der Waals surface area contributed by atoms with Crippen LogP contribution in [-0.2, 0) is 0 Å². The van der Waals surface area contributed by atoms with E-state index in [4.69, 9.17) is 11.6 Å². The second-order valence-electron chi connectivity index (χ2n) is 4.42. The van der Waals surface area contributed by atoms with Gasteiger partial charge in [0.25, 0.3) is 0 Å². The number of anilines is 1. The molecule has 1 aromatic carbocycles. The number of hydrogen-bond acceptors (Lipinski definition) is 2. The van der Waals surface area contributed by atoms with Crippen LogP contribution in [0.4, 0.5) is 18.9 Å². The van der Waals surface area contributed by atoms with Crippen LogP contribution in [0, 0.1) is 5.92 Å². The molecular formula is C13H17ClF3NO. The van der Waals surface area contributed by atoms with E-state index in [0.717, 1.165) is 12.8 Å². The minimum Gasteiger partial charge on any atom is -0.406 e. The van der Waals surface area contributed by atoms with E-state index in [1.54, 1.807) is 0 Å². The third-order valence-electron chi connectivity index (χ3n) is 2.82. The summed E-state index contributed by atoms with van der Waals surface area (Å²) >= 11 is 5.92. The normalized spacial score (nSPS) is 13.2. The molecule has 0 heterocycles. The van der Waals surface area contributed by atoms with Crippen molar-refractivity contribution in [3.63, 3.8) is 0 Å². The molecule has 0 saturated carbocycles. The lowest BCUT2D eigenvalue weighted by atomic mass is 10.1. The number of benzene rings is 1. The third-order valence-corrected chi connectivity index (χ3v) is 3.15. The molecule has 0 aliphatic heterocycles. The molecule has 1 unspecified atom stereocenters. The van der Waals surface area contributed by atoms with Crippen LogP contribution in [0.1, 0.15) is 26.7 Å². The summed E-state index contributed by atoms with van der Waals surface area (Å²) in [5.74, 6) is 0.281. The van der Waals surface area contributed by atoms with E-state index in [-0.39, 0.29) is 5.75 Å². The molecule has 1 N–H and O–H groups in total. The number of hydrogen-bond donors (Lipinski definition) is 1. The lowest BCUT2D eigenvalue weighted by Gasteiger charge is -2.14. The molecule has 0 aliphatic carbocycles. The van der Waals surface area contributed by atoms with E-state index < -0.39 is 6.36 Å². The first kappa shape index (κ1) is 16.0. The van der Waals surface area contributed by atoms with Gasteiger partial charge in [-0.05, 0) is 24.5 Å². The molecule has 0 saturated heterocycles. The topological polar surface area (TPSA) is 21.3 Å². The van der Waals surface area contributed by atoms with Gasteiger partial charge in [-0.25, -0.2) is 0 Å². The first-order valence-corrected chi connectivity index (χ1v) is 6.48. The minimum absolute atomic E-state index is 0.275. The molecule has 0 amide bonds. The predicted octanol–water partition coefficient (Wildman–Crippen LogP) is 5.09. The molecule has 1 rings (SSSR count). The molecule has 0 aliphatic rings. The maximum atomic E-state index is 12.1. The van der Waals surface area contributed by atoms with Crippen LogP contribution in [0.25, 0.3) is 0 Å². The Bertz CT molecular complexity index is 409. The average Bonchev–Trinajstić information content (AvgIpc) is 2.31. The van der Waals surface area contributed by atoms with E-state index in [2.05, 4.69) is 23.9 Å². The van der Waals surface area contributed by atoms with Gasteiger partial charge in [-0.15, -0.1) is 13.2 Å². The van der Waals surface area contributed by atoms with Crippen molar-refractivity contribution in [2.75, 3.05) is 11.9 Å². The first-order chi connectivity index (χ1) is 8.81. The Kier molecular flexibility index (Phi) is 5.79. The van der Waals surface area contributed by atoms with Gasteiger partial charge in [-0.2, -0.15) is 0 Å². The quantitative estimate of drug-likeness (QED) is 0.789. The summed E-state index contributed by atoms with van der Waals surface area (Å²) in [7, 11) is 0. The van der Waals surface area contributed by atoms with Crippen molar-refractivity contribution in [1.82, 2.24) is 0 Å². The summed E-state index contributed by atoms with van der Waals surface area (Å²) in [4.78, 5) is 0. The number of alkyl halides is 3. The monoisotopic (exact) mass is 295 g/mol. The van der Waals surface area contributed by atoms with Gasteiger partial charge < -0.3 is 10.1 Å². The van der Waals surface area contributed by atoms with Gasteiger partial charge >= 0.3 is 6.36 Å². The largest absolute Gasteiger partial charge is 0.573 e. The predicted molar refractivity (Wildman–Crippen MR) is 70.7 cm³/mol. The summed E-state index contributed by atoms with van der Waals surface area (Å²) < 4.78 is 40.2. The van der Waals surface area contributed by atoms with Crippen LogP contribution >= 0.6 is 11.6 Å². The lowest BCUT2D eigenvalue weighted by molar-refractivity contribution is -0.274. The fraction of sp³-hybridized carbons (Fsp3) is 0.538. The van der Waals surface area contributed by atoms with Gasteiger partial charge in [0.05, 0.1) is 10.7 Å². The van der Waals surface area contributed by atoms with Crippen LogP contribution in [0.5, 0.6) is 5.75 Å². The van der Waals surface area contributed by atoms with Gasteiger partial charge in [-0.1, -0.05) is 31.9 Å². The molecule has 1 aromatic rings. The van der Waals surface area contributed by atoms with Crippen molar-refractivity contribution in [1.29, 1.82) is 0 Å². The molecule has 0 radical (unpaired) electrons. The fourth-order valence-corrected chi connectivity index (χ4v) is 1.68. The summed E-state index contributed by atoms with van der Waals surface area (Å²) in [6, 6.07) is 3.83. The second-order valence-corrected chi connectivity index (χ2v) is 4.83. The zero-order valence-corrected chi connectivity index (χ0v) is 11.6. The van der Waals surface area contributed by atoms with Crippen molar-refractivity contribution in [3.05, 3.63) is 23.2 Å². The lowest BCUT2D eigenvalue weighted by Crippen LogP contribution is -2.17. The van der Waals surface area contributed by atoms with Crippen LogP contribution in [0.15, 0.2) is 18.2 Å². The Labute approximate surface area is 115 Å². The highest BCUT2D eigenvalue weighted by atomic mass is 35.5. The standard InChI is InChI=1S/C13H17ClF3NO/c1-3-9(2)6-7-18-12-8-10(4-5-11(12)14)19-13(15,16)17/h4-5,8-9,18H,3,6-7H2,1-2H3.